The van der Waals surface area contributed by atoms with Crippen LogP contribution in [0.4, 0.5) is 0 Å². The normalized spacial score (nSPS) is 22.6. The number of amides is 1. The lowest BCUT2D eigenvalue weighted by Crippen LogP contribution is -2.39. The average molecular weight is 276 g/mol. The second-order valence-corrected chi connectivity index (χ2v) is 5.28. The summed E-state index contributed by atoms with van der Waals surface area (Å²) in [5, 5.41) is 3.39. The molecule has 0 spiro atoms. The van der Waals surface area contributed by atoms with Gasteiger partial charge in [0.15, 0.2) is 0 Å². The molecule has 1 aromatic rings. The molecule has 1 aromatic carbocycles. The van der Waals surface area contributed by atoms with Crippen LogP contribution in [0.3, 0.4) is 0 Å². The molecule has 1 heterocycles. The highest BCUT2D eigenvalue weighted by Gasteiger charge is 2.40. The van der Waals surface area contributed by atoms with E-state index >= 15 is 0 Å². The molecule has 2 rings (SSSR count). The first-order valence-corrected chi connectivity index (χ1v) is 7.34. The summed E-state index contributed by atoms with van der Waals surface area (Å²) in [6.45, 7) is 6.19. The van der Waals surface area contributed by atoms with Gasteiger partial charge in [0.05, 0.1) is 13.2 Å². The fourth-order valence-electron chi connectivity index (χ4n) is 2.88. The van der Waals surface area contributed by atoms with Gasteiger partial charge in [-0.3, -0.25) is 10.1 Å². The third-order valence-electron chi connectivity index (χ3n) is 4.06. The maximum absolute atomic E-state index is 12.4. The number of nitrogens with one attached hydrogen (secondary N) is 1. The Kier molecular flexibility index (Phi) is 4.65. The Morgan fingerprint density at radius 3 is 2.65 bits per heavy atom. The van der Waals surface area contributed by atoms with E-state index in [0.29, 0.717) is 0 Å². The number of carbonyl (C=O) groups is 1. The molecule has 4 heteroatoms. The van der Waals surface area contributed by atoms with E-state index in [9.17, 15) is 4.79 Å². The molecule has 4 nitrogen and oxygen atoms in total. The molecular weight excluding hydrogens is 252 g/mol. The molecule has 1 saturated heterocycles. The van der Waals surface area contributed by atoms with Gasteiger partial charge in [-0.25, -0.2) is 0 Å². The van der Waals surface area contributed by atoms with Crippen molar-refractivity contribution in [2.24, 2.45) is 0 Å². The zero-order valence-corrected chi connectivity index (χ0v) is 12.7. The van der Waals surface area contributed by atoms with Crippen LogP contribution < -0.4 is 10.1 Å². The van der Waals surface area contributed by atoms with E-state index < -0.39 is 0 Å². The van der Waals surface area contributed by atoms with Crippen LogP contribution in [0.2, 0.25) is 0 Å². The van der Waals surface area contributed by atoms with Crippen LogP contribution in [0.25, 0.3) is 0 Å². The summed E-state index contributed by atoms with van der Waals surface area (Å²) in [7, 11) is 1.66. The van der Waals surface area contributed by atoms with Crippen molar-refractivity contribution in [1.82, 2.24) is 10.2 Å². The molecule has 0 aromatic heterocycles. The van der Waals surface area contributed by atoms with Gasteiger partial charge < -0.3 is 9.64 Å². The molecule has 1 amide bonds. The van der Waals surface area contributed by atoms with Crippen LogP contribution in [-0.4, -0.2) is 30.0 Å². The fraction of sp³-hybridized carbons (Fsp3) is 0.562. The van der Waals surface area contributed by atoms with E-state index in [4.69, 9.17) is 4.74 Å². The molecular formula is C16H24N2O2. The lowest BCUT2D eigenvalue weighted by Gasteiger charge is -2.32. The summed E-state index contributed by atoms with van der Waals surface area (Å²) in [6.07, 6.45) is 1.88. The number of nitrogens with zero attached hydrogens (tertiary/aromatic N) is 1. The Balaban J connectivity index is 2.34. The van der Waals surface area contributed by atoms with Crippen LogP contribution in [0.15, 0.2) is 24.3 Å². The topological polar surface area (TPSA) is 41.6 Å². The molecule has 2 atom stereocenters. The van der Waals surface area contributed by atoms with Crippen molar-refractivity contribution >= 4 is 5.91 Å². The minimum Gasteiger partial charge on any atom is -0.497 e. The van der Waals surface area contributed by atoms with Crippen LogP contribution in [0, 0.1) is 0 Å². The predicted molar refractivity (Wildman–Crippen MR) is 79.5 cm³/mol. The number of carbonyl (C=O) groups excluding carboxylic acids is 1. The molecule has 2 unspecified atom stereocenters. The van der Waals surface area contributed by atoms with Gasteiger partial charge in [0.1, 0.15) is 11.9 Å². The first-order chi connectivity index (χ1) is 9.62. The largest absolute Gasteiger partial charge is 0.497 e. The molecule has 1 aliphatic rings. The number of hydrogen-bond acceptors (Lipinski definition) is 3. The first kappa shape index (κ1) is 14.9. The van der Waals surface area contributed by atoms with Gasteiger partial charge in [-0.05, 0) is 37.5 Å². The molecule has 0 radical (unpaired) electrons. The summed E-state index contributed by atoms with van der Waals surface area (Å²) >= 11 is 0. The molecule has 0 bridgehead atoms. The fourth-order valence-corrected chi connectivity index (χ4v) is 2.88. The monoisotopic (exact) mass is 276 g/mol. The van der Waals surface area contributed by atoms with Crippen molar-refractivity contribution in [3.63, 3.8) is 0 Å². The zero-order chi connectivity index (χ0) is 14.7. The van der Waals surface area contributed by atoms with Gasteiger partial charge >= 0.3 is 0 Å². The minimum atomic E-state index is -0.133. The second kappa shape index (κ2) is 6.27. The highest BCUT2D eigenvalue weighted by Crippen LogP contribution is 2.31. The van der Waals surface area contributed by atoms with Crippen LogP contribution >= 0.6 is 0 Å². The van der Waals surface area contributed by atoms with Crippen molar-refractivity contribution in [3.05, 3.63) is 29.8 Å². The van der Waals surface area contributed by atoms with Gasteiger partial charge in [-0.1, -0.05) is 26.0 Å². The standard InChI is InChI=1S/C16H24N2O2/c1-5-13(6-2)18-15(17-11(3)16(18)19)12-8-7-9-14(10-12)20-4/h7-11,13,15,17H,5-6H2,1-4H3. The van der Waals surface area contributed by atoms with Gasteiger partial charge in [-0.15, -0.1) is 0 Å². The van der Waals surface area contributed by atoms with E-state index in [1.54, 1.807) is 7.11 Å². The summed E-state index contributed by atoms with van der Waals surface area (Å²) in [6, 6.07) is 8.07. The SMILES string of the molecule is CCC(CC)N1C(=O)C(C)NC1c1cccc(OC)c1. The Morgan fingerprint density at radius 2 is 2.05 bits per heavy atom. The minimum absolute atomic E-state index is 0.0579. The highest BCUT2D eigenvalue weighted by atomic mass is 16.5. The van der Waals surface area contributed by atoms with Crippen molar-refractivity contribution in [2.75, 3.05) is 7.11 Å². The maximum Gasteiger partial charge on any atom is 0.241 e. The van der Waals surface area contributed by atoms with Crippen LogP contribution in [-0.2, 0) is 4.79 Å². The van der Waals surface area contributed by atoms with Crippen molar-refractivity contribution in [3.8, 4) is 5.75 Å². The van der Waals surface area contributed by atoms with Crippen molar-refractivity contribution in [2.45, 2.75) is 51.9 Å². The van der Waals surface area contributed by atoms with Crippen LogP contribution in [0.1, 0.15) is 45.3 Å². The Morgan fingerprint density at radius 1 is 1.35 bits per heavy atom. The molecule has 20 heavy (non-hydrogen) atoms. The number of methoxy groups -OCH3 is 1. The van der Waals surface area contributed by atoms with E-state index in [1.807, 2.05) is 36.1 Å². The average Bonchev–Trinajstić information content (AvgIpc) is 2.77. The van der Waals surface area contributed by atoms with E-state index in [-0.39, 0.29) is 24.2 Å². The third-order valence-corrected chi connectivity index (χ3v) is 4.06. The number of benzene rings is 1. The van der Waals surface area contributed by atoms with Gasteiger partial charge in [0.25, 0.3) is 0 Å². The first-order valence-electron chi connectivity index (χ1n) is 7.34. The van der Waals surface area contributed by atoms with Gasteiger partial charge in [-0.2, -0.15) is 0 Å². The summed E-state index contributed by atoms with van der Waals surface area (Å²) < 4.78 is 5.29. The number of rotatable bonds is 5. The van der Waals surface area contributed by atoms with E-state index in [2.05, 4.69) is 19.2 Å². The number of hydrogen-bond donors (Lipinski definition) is 1. The molecule has 1 N–H and O–H groups in total. The molecule has 0 aliphatic carbocycles. The zero-order valence-electron chi connectivity index (χ0n) is 12.7. The van der Waals surface area contributed by atoms with Crippen molar-refractivity contribution < 1.29 is 9.53 Å². The van der Waals surface area contributed by atoms with E-state index in [0.717, 1.165) is 24.2 Å². The Bertz CT molecular complexity index is 471. The van der Waals surface area contributed by atoms with Crippen LogP contribution in [0.5, 0.6) is 5.75 Å². The molecule has 110 valence electrons. The lowest BCUT2D eigenvalue weighted by molar-refractivity contribution is -0.132. The van der Waals surface area contributed by atoms with Gasteiger partial charge in [0.2, 0.25) is 5.91 Å². The lowest BCUT2D eigenvalue weighted by atomic mass is 10.1. The summed E-state index contributed by atoms with van der Waals surface area (Å²) in [5.74, 6) is 1.01. The third kappa shape index (κ3) is 2.66. The number of ether oxygens (including phenoxy) is 1. The smallest absolute Gasteiger partial charge is 0.241 e. The highest BCUT2D eigenvalue weighted by molar-refractivity contribution is 5.84. The van der Waals surface area contributed by atoms with Crippen molar-refractivity contribution in [1.29, 1.82) is 0 Å². The second-order valence-electron chi connectivity index (χ2n) is 5.28. The Labute approximate surface area is 121 Å². The molecule has 0 saturated carbocycles. The predicted octanol–water partition coefficient (Wildman–Crippen LogP) is 2.70. The summed E-state index contributed by atoms with van der Waals surface area (Å²) in [4.78, 5) is 14.4. The molecule has 1 fully saturated rings. The van der Waals surface area contributed by atoms with E-state index in [1.165, 1.54) is 0 Å². The van der Waals surface area contributed by atoms with Gasteiger partial charge in [0, 0.05) is 6.04 Å². The maximum atomic E-state index is 12.4. The summed E-state index contributed by atoms with van der Waals surface area (Å²) in [5.41, 5.74) is 1.08. The molecule has 1 aliphatic heterocycles. The quantitative estimate of drug-likeness (QED) is 0.899. The Hall–Kier alpha value is -1.55.